The summed E-state index contributed by atoms with van der Waals surface area (Å²) in [6, 6.07) is -0.0415. The fraction of sp³-hybridized carbons (Fsp3) is 0.739. The van der Waals surface area contributed by atoms with E-state index in [0.29, 0.717) is 70.4 Å². The molecule has 200 valence electrons. The molecule has 1 saturated carbocycles. The molecule has 0 unspecified atom stereocenters. The van der Waals surface area contributed by atoms with Gasteiger partial charge in [0.25, 0.3) is 5.19 Å². The third-order valence-electron chi connectivity index (χ3n) is 6.90. The molecule has 1 aliphatic heterocycles. The molecule has 2 aromatic rings. The van der Waals surface area contributed by atoms with Crippen LogP contribution in [0.5, 0.6) is 5.19 Å². The second-order valence-corrected chi connectivity index (χ2v) is 10.8. The lowest BCUT2D eigenvalue weighted by atomic mass is 9.81. The molecule has 0 atom stereocenters. The van der Waals surface area contributed by atoms with Crippen LogP contribution in [0.15, 0.2) is 0 Å². The monoisotopic (exact) mass is 532 g/mol. The van der Waals surface area contributed by atoms with Crippen molar-refractivity contribution in [1.29, 1.82) is 0 Å². The lowest BCUT2D eigenvalue weighted by molar-refractivity contribution is -0.153. The molecule has 36 heavy (non-hydrogen) atoms. The van der Waals surface area contributed by atoms with Crippen LogP contribution in [-0.4, -0.2) is 74.7 Å². The number of aromatic nitrogens is 4. The minimum Gasteiger partial charge on any atom is -0.460 e. The van der Waals surface area contributed by atoms with Gasteiger partial charge >= 0.3 is 6.18 Å². The van der Waals surface area contributed by atoms with E-state index in [-0.39, 0.29) is 23.6 Å². The fourth-order valence-electron chi connectivity index (χ4n) is 4.73. The van der Waals surface area contributed by atoms with Crippen LogP contribution in [0.2, 0.25) is 0 Å². The minimum atomic E-state index is -4.39. The number of ether oxygens (including phenoxy) is 1. The van der Waals surface area contributed by atoms with Gasteiger partial charge in [0.05, 0.1) is 12.1 Å². The molecule has 1 amide bonds. The van der Waals surface area contributed by atoms with Crippen molar-refractivity contribution < 1.29 is 27.1 Å². The Hall–Kier alpha value is -2.28. The van der Waals surface area contributed by atoms with Gasteiger partial charge < -0.3 is 15.0 Å². The summed E-state index contributed by atoms with van der Waals surface area (Å²) >= 11 is 1.17. The van der Waals surface area contributed by atoms with Gasteiger partial charge in [-0.25, -0.2) is 14.4 Å². The molecule has 1 fully saturated rings. The van der Waals surface area contributed by atoms with Crippen LogP contribution in [0.25, 0.3) is 0 Å². The Bertz CT molecular complexity index is 1000. The number of halogens is 4. The van der Waals surface area contributed by atoms with Crippen molar-refractivity contribution in [2.75, 3.05) is 26.2 Å². The maximum atomic E-state index is 15.5. The molecule has 0 bridgehead atoms. The van der Waals surface area contributed by atoms with E-state index in [9.17, 15) is 18.0 Å². The number of rotatable bonds is 8. The summed E-state index contributed by atoms with van der Waals surface area (Å²) in [5.74, 6) is 1.08. The largest absolute Gasteiger partial charge is 0.460 e. The van der Waals surface area contributed by atoms with Crippen LogP contribution in [0, 0.1) is 6.92 Å². The summed E-state index contributed by atoms with van der Waals surface area (Å²) in [6.07, 6.45) is -0.570. The van der Waals surface area contributed by atoms with Gasteiger partial charge in [-0.2, -0.15) is 18.3 Å². The fourth-order valence-corrected chi connectivity index (χ4v) is 5.67. The Labute approximate surface area is 211 Å². The number of nitrogens with one attached hydrogen (secondary N) is 1. The predicted octanol–water partition coefficient (Wildman–Crippen LogP) is 3.32. The Morgan fingerprint density at radius 3 is 2.61 bits per heavy atom. The molecule has 13 heteroatoms. The molecule has 4 rings (SSSR count). The van der Waals surface area contributed by atoms with Crippen molar-refractivity contribution in [3.63, 3.8) is 0 Å². The van der Waals surface area contributed by atoms with E-state index in [4.69, 9.17) is 4.74 Å². The summed E-state index contributed by atoms with van der Waals surface area (Å²) in [7, 11) is 1.78. The standard InChI is InChI=1S/C23H32F4N6O2S/c1-15-28-19(31-32(15)2)13-20(34)29-16-3-7-22(24,8-4-16)9-12-33-10-5-17-18(6-11-33)36-21(30-17)35-14-23(25,26)27/h16H,3-14H2,1-2H3,(H,29,34)/t16-,22+. The summed E-state index contributed by atoms with van der Waals surface area (Å²) in [5, 5.41) is 7.25. The first-order valence-corrected chi connectivity index (χ1v) is 13.0. The van der Waals surface area contributed by atoms with E-state index >= 15 is 4.39 Å². The normalized spacial score (nSPS) is 23.2. The molecule has 1 N–H and O–H groups in total. The van der Waals surface area contributed by atoms with Crippen molar-refractivity contribution in [3.05, 3.63) is 22.2 Å². The average Bonchev–Trinajstić information content (AvgIpc) is 3.28. The maximum absolute atomic E-state index is 15.5. The lowest BCUT2D eigenvalue weighted by Crippen LogP contribution is -2.43. The smallest absolute Gasteiger partial charge is 0.422 e. The summed E-state index contributed by atoms with van der Waals surface area (Å²) in [4.78, 5) is 24.0. The predicted molar refractivity (Wildman–Crippen MR) is 126 cm³/mol. The molecule has 0 spiro atoms. The molecule has 3 heterocycles. The van der Waals surface area contributed by atoms with Gasteiger partial charge in [-0.3, -0.25) is 9.48 Å². The second kappa shape index (κ2) is 11.0. The first-order valence-electron chi connectivity index (χ1n) is 12.2. The van der Waals surface area contributed by atoms with Gasteiger partial charge in [0.2, 0.25) is 5.91 Å². The van der Waals surface area contributed by atoms with Crippen LogP contribution >= 0.6 is 11.3 Å². The SMILES string of the molecule is Cc1nc(CC(=O)N[C@H]2CC[C@](F)(CCN3CCc4nc(OCC(F)(F)F)sc4CC3)CC2)nn1C. The molecule has 2 aliphatic rings. The Kier molecular flexibility index (Phi) is 8.18. The Balaban J connectivity index is 1.17. The highest BCUT2D eigenvalue weighted by molar-refractivity contribution is 7.13. The second-order valence-electron chi connectivity index (χ2n) is 9.71. The number of carbonyl (C=O) groups is 1. The zero-order chi connectivity index (χ0) is 25.9. The van der Waals surface area contributed by atoms with Crippen molar-refractivity contribution in [2.24, 2.45) is 7.05 Å². The third kappa shape index (κ3) is 7.37. The molecule has 0 radical (unpaired) electrons. The number of amides is 1. The number of hydrogen-bond acceptors (Lipinski definition) is 7. The van der Waals surface area contributed by atoms with E-state index < -0.39 is 18.5 Å². The van der Waals surface area contributed by atoms with Crippen LogP contribution in [0.1, 0.15) is 54.3 Å². The van der Waals surface area contributed by atoms with Crippen LogP contribution in [0.4, 0.5) is 17.6 Å². The quantitative estimate of drug-likeness (QED) is 0.525. The highest BCUT2D eigenvalue weighted by atomic mass is 32.1. The van der Waals surface area contributed by atoms with Crippen molar-refractivity contribution in [1.82, 2.24) is 30.0 Å². The van der Waals surface area contributed by atoms with E-state index in [1.807, 2.05) is 6.92 Å². The molecular weight excluding hydrogens is 500 g/mol. The number of fused-ring (bicyclic) bond motifs is 1. The number of thiazole rings is 1. The Morgan fingerprint density at radius 2 is 1.94 bits per heavy atom. The van der Waals surface area contributed by atoms with Gasteiger partial charge in [-0.05, 0) is 45.4 Å². The topological polar surface area (TPSA) is 85.2 Å². The summed E-state index contributed by atoms with van der Waals surface area (Å²) in [5.41, 5.74) is -0.476. The zero-order valence-electron chi connectivity index (χ0n) is 20.5. The molecular formula is C23H32F4N6O2S. The molecule has 0 aromatic carbocycles. The van der Waals surface area contributed by atoms with E-state index in [0.717, 1.165) is 16.4 Å². The molecule has 2 aromatic heterocycles. The highest BCUT2D eigenvalue weighted by Crippen LogP contribution is 2.36. The Morgan fingerprint density at radius 1 is 1.22 bits per heavy atom. The van der Waals surface area contributed by atoms with Gasteiger partial charge in [-0.15, -0.1) is 0 Å². The van der Waals surface area contributed by atoms with Crippen molar-refractivity contribution >= 4 is 17.2 Å². The number of carbonyl (C=O) groups excluding carboxylic acids is 1. The van der Waals surface area contributed by atoms with Crippen molar-refractivity contribution in [3.8, 4) is 5.19 Å². The number of alkyl halides is 4. The maximum Gasteiger partial charge on any atom is 0.422 e. The average molecular weight is 533 g/mol. The zero-order valence-corrected chi connectivity index (χ0v) is 21.4. The lowest BCUT2D eigenvalue weighted by Gasteiger charge is -2.35. The van der Waals surface area contributed by atoms with Gasteiger partial charge in [0.15, 0.2) is 12.4 Å². The van der Waals surface area contributed by atoms with Crippen LogP contribution in [-0.2, 0) is 31.1 Å². The van der Waals surface area contributed by atoms with Gasteiger partial charge in [0.1, 0.15) is 11.5 Å². The first-order chi connectivity index (χ1) is 17.0. The third-order valence-corrected chi connectivity index (χ3v) is 7.97. The van der Waals surface area contributed by atoms with Crippen molar-refractivity contribution in [2.45, 2.75) is 76.2 Å². The molecule has 8 nitrogen and oxygen atoms in total. The number of aryl methyl sites for hydroxylation is 2. The first kappa shape index (κ1) is 26.8. The van der Waals surface area contributed by atoms with Gasteiger partial charge in [0, 0.05) is 44.0 Å². The van der Waals surface area contributed by atoms with E-state index in [1.54, 1.807) is 11.7 Å². The molecule has 1 aliphatic carbocycles. The van der Waals surface area contributed by atoms with Crippen LogP contribution < -0.4 is 10.1 Å². The summed E-state index contributed by atoms with van der Waals surface area (Å²) < 4.78 is 59.0. The summed E-state index contributed by atoms with van der Waals surface area (Å²) in [6.45, 7) is 2.50. The number of hydrogen-bond donors (Lipinski definition) is 1. The van der Waals surface area contributed by atoms with Crippen LogP contribution in [0.3, 0.4) is 0 Å². The number of nitrogens with zero attached hydrogens (tertiary/aromatic N) is 5. The minimum absolute atomic E-state index is 0.0415. The van der Waals surface area contributed by atoms with Gasteiger partial charge in [-0.1, -0.05) is 11.3 Å². The van der Waals surface area contributed by atoms with E-state index in [2.05, 4.69) is 25.3 Å². The molecule has 0 saturated heterocycles. The van der Waals surface area contributed by atoms with E-state index in [1.165, 1.54) is 11.3 Å². The highest BCUT2D eigenvalue weighted by Gasteiger charge is 2.36.